The van der Waals surface area contributed by atoms with E-state index >= 15 is 0 Å². The average Bonchev–Trinajstić information content (AvgIpc) is 3.11. The molecule has 0 aliphatic rings. The predicted molar refractivity (Wildman–Crippen MR) is 173 cm³/mol. The van der Waals surface area contributed by atoms with E-state index < -0.39 is 88.4 Å². The van der Waals surface area contributed by atoms with Crippen LogP contribution in [0.2, 0.25) is 0 Å². The Morgan fingerprint density at radius 1 is 0.456 bits per heavy atom. The lowest BCUT2D eigenvalue weighted by molar-refractivity contribution is -0.138. The van der Waals surface area contributed by atoms with E-state index in [1.165, 1.54) is 0 Å². The van der Waals surface area contributed by atoms with E-state index in [-0.39, 0.29) is 31.1 Å². The Labute approximate surface area is 314 Å². The Balaban J connectivity index is 1.32. The summed E-state index contributed by atoms with van der Waals surface area (Å²) in [6, 6.07) is 11.2. The molecule has 10 nitrogen and oxygen atoms in total. The first kappa shape index (κ1) is 44.2. The number of alkyl halides is 12. The first-order valence-electron chi connectivity index (χ1n) is 15.3. The lowest BCUT2D eigenvalue weighted by atomic mass is 10.1. The molecule has 0 aromatic heterocycles. The zero-order valence-corrected chi connectivity index (χ0v) is 29.5. The zero-order valence-electron chi connectivity index (χ0n) is 27.9. The second-order valence-electron chi connectivity index (χ2n) is 11.1. The molecule has 24 heteroatoms. The lowest BCUT2D eigenvalue weighted by Gasteiger charge is -2.13. The van der Waals surface area contributed by atoms with E-state index in [2.05, 4.69) is 18.9 Å². The monoisotopic (exact) mass is 866 g/mol. The second-order valence-corrected chi connectivity index (χ2v) is 14.1. The smallest absolute Gasteiger partial charge is 0.437 e. The predicted octanol–water partition coefficient (Wildman–Crippen LogP) is 8.92. The minimum Gasteiger partial charge on any atom is -0.493 e. The lowest BCUT2D eigenvalue weighted by Crippen LogP contribution is -2.25. The standard InChI is InChI=1S/C33H22F12N2O8S2/c34-30(35,36)22-6-14-26(15-7-22)56(48,49)54-46-28(32(40,41)42)20-2-10-24(11-3-20)52-18-1-19-53-25-12-4-21(5-13-25)29(33(43,44)45)47-55-57(50,51)27-16-8-23(9-17-27)31(37,38)39/h2-17H,1,18-19H2. The van der Waals surface area contributed by atoms with Crippen molar-refractivity contribution in [2.24, 2.45) is 10.3 Å². The molecule has 0 N–H and O–H groups in total. The van der Waals surface area contributed by atoms with E-state index in [4.69, 9.17) is 9.47 Å². The molecule has 0 atom stereocenters. The third-order valence-electron chi connectivity index (χ3n) is 7.01. The van der Waals surface area contributed by atoms with Gasteiger partial charge in [0.05, 0.1) is 24.3 Å². The normalized spacial score (nSPS) is 13.6. The number of hydrogen-bond donors (Lipinski definition) is 0. The van der Waals surface area contributed by atoms with Gasteiger partial charge >= 0.3 is 44.9 Å². The summed E-state index contributed by atoms with van der Waals surface area (Å²) in [5.74, 6) is 0.0638. The highest BCUT2D eigenvalue weighted by atomic mass is 32.2. The quantitative estimate of drug-likeness (QED) is 0.0532. The molecule has 0 amide bonds. The highest BCUT2D eigenvalue weighted by molar-refractivity contribution is 7.87. The van der Waals surface area contributed by atoms with Crippen LogP contribution in [0.3, 0.4) is 0 Å². The summed E-state index contributed by atoms with van der Waals surface area (Å²) in [5, 5.41) is 5.40. The third kappa shape index (κ3) is 12.2. The molecule has 0 radical (unpaired) electrons. The highest BCUT2D eigenvalue weighted by Crippen LogP contribution is 2.32. The van der Waals surface area contributed by atoms with Crippen LogP contribution in [0, 0.1) is 0 Å². The van der Waals surface area contributed by atoms with Crippen molar-refractivity contribution >= 4 is 31.7 Å². The van der Waals surface area contributed by atoms with Crippen LogP contribution in [0.1, 0.15) is 28.7 Å². The summed E-state index contributed by atoms with van der Waals surface area (Å²) >= 11 is 0. The Morgan fingerprint density at radius 2 is 0.754 bits per heavy atom. The molecule has 0 saturated carbocycles. The summed E-state index contributed by atoms with van der Waals surface area (Å²) in [7, 11) is -10.1. The van der Waals surface area contributed by atoms with Crippen LogP contribution in [-0.4, -0.2) is 53.8 Å². The Hall–Kier alpha value is -5.52. The molecular weight excluding hydrogens is 844 g/mol. The molecule has 0 spiro atoms. The van der Waals surface area contributed by atoms with Gasteiger partial charge in [-0.15, -0.1) is 0 Å². The van der Waals surface area contributed by atoms with Gasteiger partial charge in [-0.3, -0.25) is 8.57 Å². The van der Waals surface area contributed by atoms with E-state index in [9.17, 15) is 69.5 Å². The molecule has 0 aliphatic carbocycles. The molecule has 4 aromatic carbocycles. The molecule has 4 rings (SSSR count). The second kappa shape index (κ2) is 16.9. The van der Waals surface area contributed by atoms with Gasteiger partial charge in [-0.2, -0.15) is 69.5 Å². The molecule has 0 aliphatic heterocycles. The first-order chi connectivity index (χ1) is 26.3. The maximum atomic E-state index is 13.7. The number of hydrogen-bond acceptors (Lipinski definition) is 10. The van der Waals surface area contributed by atoms with Crippen molar-refractivity contribution in [1.29, 1.82) is 0 Å². The van der Waals surface area contributed by atoms with Gasteiger partial charge in [0.2, 0.25) is 0 Å². The van der Waals surface area contributed by atoms with Crippen LogP contribution in [0.5, 0.6) is 11.5 Å². The summed E-state index contributed by atoms with van der Waals surface area (Å²) in [6.07, 6.45) is -20.0. The van der Waals surface area contributed by atoms with E-state index in [1.807, 2.05) is 0 Å². The van der Waals surface area contributed by atoms with E-state index in [0.717, 1.165) is 48.5 Å². The fourth-order valence-corrected chi connectivity index (χ4v) is 5.73. The number of ether oxygens (including phenoxy) is 2. The van der Waals surface area contributed by atoms with Gasteiger partial charge in [-0.25, -0.2) is 0 Å². The Bertz CT molecular complexity index is 2110. The van der Waals surface area contributed by atoms with Crippen molar-refractivity contribution in [3.05, 3.63) is 119 Å². The fraction of sp³-hybridized carbons (Fsp3) is 0.212. The third-order valence-corrected chi connectivity index (χ3v) is 9.25. The number of benzene rings is 4. The van der Waals surface area contributed by atoms with Crippen LogP contribution in [-0.2, 0) is 41.2 Å². The van der Waals surface area contributed by atoms with Crippen LogP contribution < -0.4 is 9.47 Å². The molecule has 0 bridgehead atoms. The summed E-state index contributed by atoms with van der Waals surface area (Å²) in [4.78, 5) is -1.79. The summed E-state index contributed by atoms with van der Waals surface area (Å²) < 4.78 is 227. The van der Waals surface area contributed by atoms with Crippen LogP contribution >= 0.6 is 0 Å². The summed E-state index contributed by atoms with van der Waals surface area (Å²) in [6.45, 7) is -0.191. The van der Waals surface area contributed by atoms with Gasteiger partial charge in [0.25, 0.3) is 0 Å². The molecule has 308 valence electrons. The number of oxime groups is 2. The number of halogens is 12. The van der Waals surface area contributed by atoms with Gasteiger partial charge in [-0.05, 0) is 97.1 Å². The first-order valence-corrected chi connectivity index (χ1v) is 18.1. The van der Waals surface area contributed by atoms with Crippen LogP contribution in [0.4, 0.5) is 52.7 Å². The molecule has 57 heavy (non-hydrogen) atoms. The maximum absolute atomic E-state index is 13.7. The van der Waals surface area contributed by atoms with Crippen molar-refractivity contribution < 1.29 is 87.6 Å². The van der Waals surface area contributed by atoms with Gasteiger partial charge < -0.3 is 9.47 Å². The Morgan fingerprint density at radius 3 is 1.02 bits per heavy atom. The molecule has 0 fully saturated rings. The molecule has 0 saturated heterocycles. The summed E-state index contributed by atoms with van der Waals surface area (Å²) in [5.41, 5.74) is -7.37. The molecule has 4 aromatic rings. The zero-order chi connectivity index (χ0) is 42.5. The topological polar surface area (TPSA) is 130 Å². The van der Waals surface area contributed by atoms with Crippen molar-refractivity contribution in [1.82, 2.24) is 0 Å². The molecular formula is C33H22F12N2O8S2. The minimum atomic E-state index is -5.25. The largest absolute Gasteiger partial charge is 0.493 e. The van der Waals surface area contributed by atoms with E-state index in [0.29, 0.717) is 48.5 Å². The van der Waals surface area contributed by atoms with E-state index in [1.54, 1.807) is 0 Å². The maximum Gasteiger partial charge on any atom is 0.437 e. The highest BCUT2D eigenvalue weighted by Gasteiger charge is 2.40. The van der Waals surface area contributed by atoms with Crippen molar-refractivity contribution in [2.75, 3.05) is 13.2 Å². The van der Waals surface area contributed by atoms with Crippen LogP contribution in [0.15, 0.2) is 117 Å². The number of rotatable bonds is 14. The van der Waals surface area contributed by atoms with Crippen molar-refractivity contribution in [3.63, 3.8) is 0 Å². The van der Waals surface area contributed by atoms with Gasteiger partial charge in [0.15, 0.2) is 11.4 Å². The van der Waals surface area contributed by atoms with Crippen molar-refractivity contribution in [2.45, 2.75) is 40.9 Å². The SMILES string of the molecule is O=S(=O)(ON=C(c1ccc(OCCCOc2ccc(C(=NOS(=O)(=O)c3ccc(C(F)(F)F)cc3)C(F)(F)F)cc2)cc1)C(F)(F)F)c1ccc(C(F)(F)F)cc1. The molecule has 0 unspecified atom stereocenters. The minimum absolute atomic E-state index is 0.0319. The Kier molecular flexibility index (Phi) is 13.1. The van der Waals surface area contributed by atoms with Crippen molar-refractivity contribution in [3.8, 4) is 11.5 Å². The average molecular weight is 867 g/mol. The van der Waals surface area contributed by atoms with Gasteiger partial charge in [0.1, 0.15) is 21.3 Å². The fourth-order valence-electron chi connectivity index (χ4n) is 4.27. The van der Waals surface area contributed by atoms with Crippen LogP contribution in [0.25, 0.3) is 0 Å². The van der Waals surface area contributed by atoms with Gasteiger partial charge in [0, 0.05) is 17.5 Å². The van der Waals surface area contributed by atoms with Gasteiger partial charge in [-0.1, -0.05) is 10.3 Å². The number of nitrogens with zero attached hydrogens (tertiary/aromatic N) is 2. The molecule has 0 heterocycles.